The summed E-state index contributed by atoms with van der Waals surface area (Å²) in [7, 11) is 8.15. The van der Waals surface area contributed by atoms with Crippen LogP contribution in [-0.2, 0) is 0 Å². The van der Waals surface area contributed by atoms with Crippen LogP contribution < -0.4 is 0 Å². The van der Waals surface area contributed by atoms with Crippen LogP contribution in [0.4, 0.5) is 0 Å². The van der Waals surface area contributed by atoms with Crippen molar-refractivity contribution in [2.24, 2.45) is 0 Å². The highest BCUT2D eigenvalue weighted by Crippen LogP contribution is 2.15. The summed E-state index contributed by atoms with van der Waals surface area (Å²) in [5.41, 5.74) is -0.503. The fraction of sp³-hybridized carbons (Fsp3) is 0.917. The average molecular weight is 224 g/mol. The van der Waals surface area contributed by atoms with Gasteiger partial charge in [-0.15, -0.1) is 0 Å². The predicted octanol–water partition coefficient (Wildman–Crippen LogP) is 1.91. The maximum absolute atomic E-state index is 9.94. The monoisotopic (exact) mass is 224 g/mol. The topological polar surface area (TPSA) is 47.3 Å². The first-order chi connectivity index (χ1) is 7.39. The molecule has 1 unspecified atom stereocenters. The molecule has 2 radical (unpaired) electrons. The van der Waals surface area contributed by atoms with Crippen molar-refractivity contribution in [3.05, 3.63) is 0 Å². The van der Waals surface area contributed by atoms with Gasteiger partial charge in [-0.25, -0.2) is 5.26 Å². The molecule has 0 aromatic carbocycles. The van der Waals surface area contributed by atoms with Gasteiger partial charge in [0.2, 0.25) is 7.85 Å². The first-order valence-electron chi connectivity index (χ1n) is 5.86. The lowest BCUT2D eigenvalue weighted by Crippen LogP contribution is -2.37. The van der Waals surface area contributed by atoms with Crippen molar-refractivity contribution in [1.29, 1.82) is 5.26 Å². The van der Waals surface area contributed by atoms with E-state index in [1.54, 1.807) is 0 Å². The normalized spacial score (nSPS) is 13.6. The van der Waals surface area contributed by atoms with Crippen LogP contribution >= 0.6 is 0 Å². The molecule has 1 atom stereocenters. The van der Waals surface area contributed by atoms with Crippen molar-refractivity contribution in [1.82, 2.24) is 4.90 Å². The Morgan fingerprint density at radius 2 is 1.81 bits per heavy atom. The van der Waals surface area contributed by atoms with E-state index in [1.807, 2.05) is 25.9 Å². The second-order valence-corrected chi connectivity index (χ2v) is 4.67. The van der Waals surface area contributed by atoms with E-state index in [4.69, 9.17) is 5.26 Å². The van der Waals surface area contributed by atoms with Crippen molar-refractivity contribution in [2.45, 2.75) is 51.6 Å². The van der Waals surface area contributed by atoms with Gasteiger partial charge in [0, 0.05) is 6.54 Å². The highest BCUT2D eigenvalue weighted by Gasteiger charge is 2.19. The number of rotatable bonds is 7. The zero-order valence-electron chi connectivity index (χ0n) is 11.2. The summed E-state index contributed by atoms with van der Waals surface area (Å²) in [5, 5.41) is 17.0. The molecule has 0 heterocycles. The van der Waals surface area contributed by atoms with Gasteiger partial charge in [0.25, 0.3) is 0 Å². The average Bonchev–Trinajstić information content (AvgIpc) is 2.11. The Labute approximate surface area is 102 Å². The fourth-order valence-electron chi connectivity index (χ4n) is 1.69. The molecule has 0 aromatic heterocycles. The van der Waals surface area contributed by atoms with Crippen molar-refractivity contribution >= 4 is 7.85 Å². The number of hydrogen-bond acceptors (Lipinski definition) is 3. The number of likely N-dealkylation sites (N-methyl/N-ethyl adjacent to an activating group) is 1. The van der Waals surface area contributed by atoms with Gasteiger partial charge in [-0.1, -0.05) is 32.6 Å². The Hall–Kier alpha value is -0.525. The third-order valence-electron chi connectivity index (χ3n) is 2.23. The largest absolute Gasteiger partial charge is 0.389 e. The molecule has 0 spiro atoms. The second kappa shape index (κ2) is 11.0. The van der Waals surface area contributed by atoms with Crippen LogP contribution in [0.5, 0.6) is 0 Å². The Balaban J connectivity index is 0. The minimum atomic E-state index is -0.503. The highest BCUT2D eigenvalue weighted by molar-refractivity contribution is 6.20. The first kappa shape index (κ1) is 17.9. The number of hydrogen-bond donors (Lipinski definition) is 1. The molecular weight excluding hydrogens is 199 g/mol. The zero-order chi connectivity index (χ0) is 13.0. The molecule has 1 N–H and O–H groups in total. The predicted molar refractivity (Wildman–Crippen MR) is 69.3 cm³/mol. The summed E-state index contributed by atoms with van der Waals surface area (Å²) in [6.45, 7) is 4.90. The molecule has 16 heavy (non-hydrogen) atoms. The summed E-state index contributed by atoms with van der Waals surface area (Å²) in [6, 6.07) is 0. The Morgan fingerprint density at radius 1 is 1.31 bits per heavy atom. The molecule has 0 fully saturated rings. The van der Waals surface area contributed by atoms with Crippen LogP contribution in [0.2, 0.25) is 0 Å². The van der Waals surface area contributed by atoms with Gasteiger partial charge < -0.3 is 10.0 Å². The molecule has 4 heteroatoms. The summed E-state index contributed by atoms with van der Waals surface area (Å²) in [6.07, 6.45) is 5.87. The molecule has 0 saturated carbocycles. The molecule has 0 aliphatic carbocycles. The van der Waals surface area contributed by atoms with Crippen LogP contribution in [0, 0.1) is 11.2 Å². The maximum Gasteiger partial charge on any atom is 0.229 e. The van der Waals surface area contributed by atoms with Crippen molar-refractivity contribution < 1.29 is 5.11 Å². The first-order valence-corrected chi connectivity index (χ1v) is 5.86. The SMILES string of the molecule is CCCCCCC(C)(O)CN(C)C.[B]C#N. The fourth-order valence-corrected chi connectivity index (χ4v) is 1.69. The number of nitrogens with zero attached hydrogens (tertiary/aromatic N) is 2. The molecule has 3 nitrogen and oxygen atoms in total. The Bertz CT molecular complexity index is 188. The lowest BCUT2D eigenvalue weighted by Gasteiger charge is -2.26. The van der Waals surface area contributed by atoms with E-state index in [-0.39, 0.29) is 0 Å². The molecule has 0 aromatic rings. The van der Waals surface area contributed by atoms with Crippen LogP contribution in [0.15, 0.2) is 0 Å². The van der Waals surface area contributed by atoms with Gasteiger partial charge in [-0.2, -0.15) is 0 Å². The lowest BCUT2D eigenvalue weighted by molar-refractivity contribution is 0.0232. The highest BCUT2D eigenvalue weighted by atomic mass is 16.3. The third kappa shape index (κ3) is 15.9. The summed E-state index contributed by atoms with van der Waals surface area (Å²) in [4.78, 5) is 2.04. The molecular formula is C12H25BN2O. The molecule has 92 valence electrons. The number of unbranched alkanes of at least 4 members (excludes halogenated alkanes) is 3. The van der Waals surface area contributed by atoms with Crippen molar-refractivity contribution in [3.63, 3.8) is 0 Å². The smallest absolute Gasteiger partial charge is 0.229 e. The molecule has 0 aliphatic rings. The van der Waals surface area contributed by atoms with E-state index in [9.17, 15) is 5.11 Å². The second-order valence-electron chi connectivity index (χ2n) is 4.67. The van der Waals surface area contributed by atoms with E-state index in [0.29, 0.717) is 0 Å². The van der Waals surface area contributed by atoms with Crippen LogP contribution in [0.3, 0.4) is 0 Å². The molecule has 0 rings (SSSR count). The van der Waals surface area contributed by atoms with Gasteiger partial charge in [0.05, 0.1) is 5.60 Å². The van der Waals surface area contributed by atoms with E-state index in [1.165, 1.54) is 25.2 Å². The quantitative estimate of drug-likeness (QED) is 0.530. The lowest BCUT2D eigenvalue weighted by atomic mass is 9.97. The van der Waals surface area contributed by atoms with Crippen molar-refractivity contribution in [3.8, 4) is 5.97 Å². The third-order valence-corrected chi connectivity index (χ3v) is 2.23. The van der Waals surface area contributed by atoms with Crippen LogP contribution in [0.25, 0.3) is 0 Å². The van der Waals surface area contributed by atoms with Crippen LogP contribution in [-0.4, -0.2) is 44.1 Å². The van der Waals surface area contributed by atoms with Gasteiger partial charge in [0.1, 0.15) is 0 Å². The van der Waals surface area contributed by atoms with Gasteiger partial charge in [-0.3, -0.25) is 0 Å². The van der Waals surface area contributed by atoms with Gasteiger partial charge >= 0.3 is 0 Å². The number of aliphatic hydroxyl groups is 1. The molecule has 0 amide bonds. The maximum atomic E-state index is 9.94. The summed E-state index contributed by atoms with van der Waals surface area (Å²) in [5.74, 6) is 1.25. The van der Waals surface area contributed by atoms with E-state index >= 15 is 0 Å². The molecule has 0 aliphatic heterocycles. The molecule has 0 bridgehead atoms. The standard InChI is InChI=1S/C11H25NO.CBN/c1-5-6-7-8-9-11(2,13)10-12(3)4;2-1-3/h13H,5-10H2,1-4H3;. The van der Waals surface area contributed by atoms with Crippen LogP contribution in [0.1, 0.15) is 46.0 Å². The van der Waals surface area contributed by atoms with E-state index in [0.717, 1.165) is 19.4 Å². The summed E-state index contributed by atoms with van der Waals surface area (Å²) < 4.78 is 0. The summed E-state index contributed by atoms with van der Waals surface area (Å²) >= 11 is 0. The Morgan fingerprint density at radius 3 is 2.19 bits per heavy atom. The van der Waals surface area contributed by atoms with Gasteiger partial charge in [0.15, 0.2) is 0 Å². The zero-order valence-corrected chi connectivity index (χ0v) is 11.2. The minimum absolute atomic E-state index is 0.503. The molecule has 0 saturated heterocycles. The number of nitriles is 1. The van der Waals surface area contributed by atoms with Gasteiger partial charge in [-0.05, 0) is 33.4 Å². The minimum Gasteiger partial charge on any atom is -0.389 e. The van der Waals surface area contributed by atoms with E-state index < -0.39 is 5.60 Å². The van der Waals surface area contributed by atoms with E-state index in [2.05, 4.69) is 14.8 Å². The Kier molecular flexibility index (Phi) is 12.2. The van der Waals surface area contributed by atoms with Crippen molar-refractivity contribution in [2.75, 3.05) is 20.6 Å².